The van der Waals surface area contributed by atoms with Crippen molar-refractivity contribution >= 4 is 23.5 Å². The summed E-state index contributed by atoms with van der Waals surface area (Å²) in [5.41, 5.74) is -0.432. The number of amides is 1. The second kappa shape index (κ2) is 8.25. The predicted molar refractivity (Wildman–Crippen MR) is 68.0 cm³/mol. The molecule has 0 aromatic carbocycles. The standard InChI is InChI=1S/C11H20N2O2S/c1-11(2,3)15-10(14)13-8-6-4-5-7-12-9-16/h4-8H2,1-3H3,(H,13,14). The van der Waals surface area contributed by atoms with Gasteiger partial charge < -0.3 is 10.1 Å². The lowest BCUT2D eigenvalue weighted by molar-refractivity contribution is 0.0527. The lowest BCUT2D eigenvalue weighted by Gasteiger charge is -2.19. The fraction of sp³-hybridized carbons (Fsp3) is 0.818. The van der Waals surface area contributed by atoms with Crippen molar-refractivity contribution in [1.82, 2.24) is 5.32 Å². The summed E-state index contributed by atoms with van der Waals surface area (Å²) in [6.07, 6.45) is 2.55. The number of isothiocyanates is 1. The number of aliphatic imine (C=N–C) groups is 1. The van der Waals surface area contributed by atoms with E-state index in [0.717, 1.165) is 25.8 Å². The van der Waals surface area contributed by atoms with Crippen molar-refractivity contribution in [3.05, 3.63) is 0 Å². The summed E-state index contributed by atoms with van der Waals surface area (Å²) >= 11 is 4.45. The Kier molecular flexibility index (Phi) is 7.77. The molecule has 0 aromatic heterocycles. The van der Waals surface area contributed by atoms with Crippen molar-refractivity contribution < 1.29 is 9.53 Å². The maximum atomic E-state index is 11.2. The largest absolute Gasteiger partial charge is 0.444 e. The number of hydrogen-bond acceptors (Lipinski definition) is 4. The number of nitrogens with one attached hydrogen (secondary N) is 1. The van der Waals surface area contributed by atoms with Gasteiger partial charge in [0.1, 0.15) is 5.60 Å². The van der Waals surface area contributed by atoms with Crippen LogP contribution < -0.4 is 5.32 Å². The van der Waals surface area contributed by atoms with Gasteiger partial charge in [0, 0.05) is 13.1 Å². The van der Waals surface area contributed by atoms with E-state index < -0.39 is 5.60 Å². The topological polar surface area (TPSA) is 50.7 Å². The smallest absolute Gasteiger partial charge is 0.407 e. The molecule has 0 fully saturated rings. The third kappa shape index (κ3) is 11.1. The monoisotopic (exact) mass is 244 g/mol. The van der Waals surface area contributed by atoms with Crippen molar-refractivity contribution in [1.29, 1.82) is 0 Å². The minimum atomic E-state index is -0.432. The molecule has 0 saturated heterocycles. The molecule has 0 aliphatic carbocycles. The Morgan fingerprint density at radius 3 is 2.62 bits per heavy atom. The molecule has 0 aliphatic rings. The molecule has 0 radical (unpaired) electrons. The first-order valence-corrected chi connectivity index (χ1v) is 5.87. The zero-order valence-corrected chi connectivity index (χ0v) is 11.0. The van der Waals surface area contributed by atoms with E-state index in [0.29, 0.717) is 6.54 Å². The lowest BCUT2D eigenvalue weighted by atomic mass is 10.2. The normalized spacial score (nSPS) is 10.4. The molecule has 4 nitrogen and oxygen atoms in total. The second-order valence-corrected chi connectivity index (χ2v) is 4.64. The highest BCUT2D eigenvalue weighted by Gasteiger charge is 2.15. The molecular formula is C11H20N2O2S. The van der Waals surface area contributed by atoms with E-state index in [4.69, 9.17) is 4.74 Å². The number of unbranched alkanes of at least 4 members (excludes halogenated alkanes) is 2. The average Bonchev–Trinajstić information content (AvgIpc) is 2.13. The van der Waals surface area contributed by atoms with Gasteiger partial charge in [-0.2, -0.15) is 0 Å². The highest BCUT2D eigenvalue weighted by Crippen LogP contribution is 2.06. The van der Waals surface area contributed by atoms with E-state index in [-0.39, 0.29) is 6.09 Å². The van der Waals surface area contributed by atoms with Crippen LogP contribution in [-0.4, -0.2) is 29.9 Å². The summed E-state index contributed by atoms with van der Waals surface area (Å²) in [5, 5.41) is 5.02. The van der Waals surface area contributed by atoms with Crippen LogP contribution in [0.3, 0.4) is 0 Å². The van der Waals surface area contributed by atoms with Crippen LogP contribution in [0.25, 0.3) is 0 Å². The second-order valence-electron chi connectivity index (χ2n) is 4.46. The van der Waals surface area contributed by atoms with Crippen LogP contribution in [0.1, 0.15) is 40.0 Å². The minimum Gasteiger partial charge on any atom is -0.444 e. The molecule has 0 rings (SSSR count). The number of carbonyl (C=O) groups is 1. The number of hydrogen-bond donors (Lipinski definition) is 1. The third-order valence-electron chi connectivity index (χ3n) is 1.68. The summed E-state index contributed by atoms with van der Waals surface area (Å²) in [6.45, 7) is 6.88. The van der Waals surface area contributed by atoms with Crippen LogP contribution in [0.5, 0.6) is 0 Å². The van der Waals surface area contributed by atoms with Gasteiger partial charge in [0.2, 0.25) is 0 Å². The first-order chi connectivity index (χ1) is 7.45. The van der Waals surface area contributed by atoms with Gasteiger partial charge in [0.25, 0.3) is 0 Å². The Balaban J connectivity index is 3.38. The molecule has 0 aromatic rings. The van der Waals surface area contributed by atoms with E-state index in [1.54, 1.807) is 0 Å². The SMILES string of the molecule is CC(C)(C)OC(=O)NCCCCCN=C=S. The van der Waals surface area contributed by atoms with E-state index in [2.05, 4.69) is 27.7 Å². The number of alkyl carbamates (subject to hydrolysis) is 1. The molecule has 0 bridgehead atoms. The van der Waals surface area contributed by atoms with Crippen LogP contribution >= 0.6 is 12.2 Å². The Morgan fingerprint density at radius 1 is 1.38 bits per heavy atom. The van der Waals surface area contributed by atoms with Gasteiger partial charge in [-0.1, -0.05) is 0 Å². The predicted octanol–water partition coefficient (Wildman–Crippen LogP) is 2.78. The van der Waals surface area contributed by atoms with Crippen molar-refractivity contribution in [3.8, 4) is 0 Å². The quantitative estimate of drug-likeness (QED) is 0.444. The maximum Gasteiger partial charge on any atom is 0.407 e. The van der Waals surface area contributed by atoms with Gasteiger partial charge in [-0.15, -0.1) is 0 Å². The summed E-state index contributed by atoms with van der Waals surface area (Å²) in [6, 6.07) is 0. The summed E-state index contributed by atoms with van der Waals surface area (Å²) < 4.78 is 5.09. The van der Waals surface area contributed by atoms with Gasteiger partial charge >= 0.3 is 6.09 Å². The van der Waals surface area contributed by atoms with E-state index in [1.165, 1.54) is 0 Å². The number of thiocarbonyl (C=S) groups is 1. The molecule has 0 unspecified atom stereocenters. The molecule has 92 valence electrons. The Bertz CT molecular complexity index is 255. The molecule has 1 N–H and O–H groups in total. The number of carbonyl (C=O) groups excluding carboxylic acids is 1. The fourth-order valence-corrected chi connectivity index (χ4v) is 1.13. The van der Waals surface area contributed by atoms with Crippen LogP contribution in [0.15, 0.2) is 4.99 Å². The van der Waals surface area contributed by atoms with Crippen molar-refractivity contribution in [2.75, 3.05) is 13.1 Å². The Morgan fingerprint density at radius 2 is 2.06 bits per heavy atom. The molecule has 1 amide bonds. The molecule has 16 heavy (non-hydrogen) atoms. The van der Waals surface area contributed by atoms with E-state index >= 15 is 0 Å². The summed E-state index contributed by atoms with van der Waals surface area (Å²) in [5.74, 6) is 0. The highest BCUT2D eigenvalue weighted by molar-refractivity contribution is 7.78. The zero-order chi connectivity index (χ0) is 12.4. The Labute approximate surface area is 102 Å². The van der Waals surface area contributed by atoms with E-state index in [9.17, 15) is 4.79 Å². The molecule has 0 aliphatic heterocycles. The van der Waals surface area contributed by atoms with Gasteiger partial charge in [-0.3, -0.25) is 0 Å². The van der Waals surface area contributed by atoms with Crippen LogP contribution in [-0.2, 0) is 4.74 Å². The lowest BCUT2D eigenvalue weighted by Crippen LogP contribution is -2.32. The summed E-state index contributed by atoms with van der Waals surface area (Å²) in [7, 11) is 0. The molecular weight excluding hydrogens is 224 g/mol. The minimum absolute atomic E-state index is 0.357. The van der Waals surface area contributed by atoms with Gasteiger partial charge in [-0.25, -0.2) is 9.79 Å². The van der Waals surface area contributed by atoms with Crippen LogP contribution in [0.4, 0.5) is 4.79 Å². The highest BCUT2D eigenvalue weighted by atomic mass is 32.1. The van der Waals surface area contributed by atoms with Crippen molar-refractivity contribution in [2.45, 2.75) is 45.6 Å². The zero-order valence-electron chi connectivity index (χ0n) is 10.2. The Hall–Kier alpha value is -0.930. The molecule has 0 atom stereocenters. The molecule has 0 heterocycles. The van der Waals surface area contributed by atoms with Gasteiger partial charge in [0.15, 0.2) is 0 Å². The number of nitrogens with zero attached hydrogens (tertiary/aromatic N) is 1. The summed E-state index contributed by atoms with van der Waals surface area (Å²) in [4.78, 5) is 15.0. The van der Waals surface area contributed by atoms with Gasteiger partial charge in [0.05, 0.1) is 5.16 Å². The third-order valence-corrected chi connectivity index (χ3v) is 1.81. The van der Waals surface area contributed by atoms with Gasteiger partial charge in [-0.05, 0) is 52.3 Å². The van der Waals surface area contributed by atoms with Crippen LogP contribution in [0, 0.1) is 0 Å². The number of rotatable bonds is 6. The fourth-order valence-electron chi connectivity index (χ4n) is 1.04. The van der Waals surface area contributed by atoms with Crippen molar-refractivity contribution in [2.24, 2.45) is 4.99 Å². The maximum absolute atomic E-state index is 11.2. The van der Waals surface area contributed by atoms with Crippen LogP contribution in [0.2, 0.25) is 0 Å². The average molecular weight is 244 g/mol. The molecule has 0 saturated carbocycles. The first-order valence-electron chi connectivity index (χ1n) is 5.46. The molecule has 5 heteroatoms. The van der Waals surface area contributed by atoms with Crippen molar-refractivity contribution in [3.63, 3.8) is 0 Å². The van der Waals surface area contributed by atoms with E-state index in [1.807, 2.05) is 20.8 Å². The number of ether oxygens (including phenoxy) is 1. The molecule has 0 spiro atoms. The first kappa shape index (κ1) is 15.1.